The van der Waals surface area contributed by atoms with Crippen molar-refractivity contribution in [3.05, 3.63) is 112 Å². The molecule has 0 radical (unpaired) electrons. The summed E-state index contributed by atoms with van der Waals surface area (Å²) in [4.78, 5) is 2.81. The molecule has 0 aromatic heterocycles. The third-order valence-corrected chi connectivity index (χ3v) is 6.85. The molecular weight excluding hydrogens is 510 g/mol. The number of nitrogens with zero attached hydrogens (tertiary/aromatic N) is 3. The smallest absolute Gasteiger partial charge is 0.229 e. The monoisotopic (exact) mass is 545 g/mol. The molecule has 2 heterocycles. The summed E-state index contributed by atoms with van der Waals surface area (Å²) < 4.78 is 38.1. The van der Waals surface area contributed by atoms with Crippen LogP contribution in [0.2, 0.25) is 0 Å². The van der Waals surface area contributed by atoms with Gasteiger partial charge in [-0.25, -0.2) is 0 Å². The fraction of sp³-hybridized carbons (Fsp3) is 0.419. The van der Waals surface area contributed by atoms with E-state index in [0.29, 0.717) is 38.5 Å². The first kappa shape index (κ1) is 28.1. The topological polar surface area (TPSA) is 104 Å². The van der Waals surface area contributed by atoms with E-state index in [9.17, 15) is 0 Å². The maximum atomic E-state index is 8.53. The molecule has 5 rings (SSSR count). The Morgan fingerprint density at radius 2 is 1.48 bits per heavy atom. The summed E-state index contributed by atoms with van der Waals surface area (Å²) in [5.41, 5.74) is 11.7. The predicted octanol–water partition coefficient (Wildman–Crippen LogP) is 5.97. The van der Waals surface area contributed by atoms with Gasteiger partial charge in [0.1, 0.15) is 30.2 Å². The van der Waals surface area contributed by atoms with E-state index in [-0.39, 0.29) is 0 Å². The van der Waals surface area contributed by atoms with Gasteiger partial charge in [-0.05, 0) is 54.6 Å². The summed E-state index contributed by atoms with van der Waals surface area (Å²) in [5.74, 6) is -0.181. The largest absolute Gasteiger partial charge is 0.462 e. The van der Waals surface area contributed by atoms with E-state index >= 15 is 0 Å². The molecule has 0 spiro atoms. The van der Waals surface area contributed by atoms with Gasteiger partial charge in [-0.15, -0.1) is 0 Å². The van der Waals surface area contributed by atoms with Gasteiger partial charge < -0.3 is 28.4 Å². The number of benzene rings is 3. The van der Waals surface area contributed by atoms with E-state index in [1.54, 1.807) is 0 Å². The molecule has 2 aliphatic rings. The van der Waals surface area contributed by atoms with Gasteiger partial charge in [-0.1, -0.05) is 77.9 Å². The number of hydrogen-bond acceptors (Lipinski definition) is 7. The molecule has 5 atom stereocenters. The fourth-order valence-electron chi connectivity index (χ4n) is 4.97. The second-order valence-corrected chi connectivity index (χ2v) is 10.3. The summed E-state index contributed by atoms with van der Waals surface area (Å²) in [5, 5.41) is 3.61. The number of ether oxygens (including phenoxy) is 6. The zero-order chi connectivity index (χ0) is 27.8. The van der Waals surface area contributed by atoms with Crippen molar-refractivity contribution in [2.45, 2.75) is 70.0 Å². The Hall–Kier alpha value is -3.43. The Kier molecular flexibility index (Phi) is 9.34. The summed E-state index contributed by atoms with van der Waals surface area (Å²) in [6.07, 6.45) is -1.91. The maximum absolute atomic E-state index is 8.53. The van der Waals surface area contributed by atoms with Crippen molar-refractivity contribution in [2.75, 3.05) is 13.2 Å². The molecule has 40 heavy (non-hydrogen) atoms. The minimum atomic E-state index is -0.812. The molecule has 0 saturated carbocycles. The SMILES string of the molecule is CC1(C)OC2C(OCc3ccccc3)[C@H](Oc3ccc(CCN=[N+]=[N-])cc3)OC(COCc3ccccc3)[C@@H]2O1. The maximum Gasteiger partial charge on any atom is 0.229 e. The number of azide groups is 1. The highest BCUT2D eigenvalue weighted by atomic mass is 16.8. The van der Waals surface area contributed by atoms with Crippen LogP contribution in [0.25, 0.3) is 10.4 Å². The lowest BCUT2D eigenvalue weighted by Crippen LogP contribution is -2.59. The molecule has 210 valence electrons. The lowest BCUT2D eigenvalue weighted by Gasteiger charge is -2.41. The molecular formula is C31H35N3O6. The summed E-state index contributed by atoms with van der Waals surface area (Å²) in [6, 6.07) is 27.6. The molecule has 0 amide bonds. The first-order valence-electron chi connectivity index (χ1n) is 13.6. The van der Waals surface area contributed by atoms with Gasteiger partial charge in [0.2, 0.25) is 6.29 Å². The molecule has 2 saturated heterocycles. The van der Waals surface area contributed by atoms with E-state index in [4.69, 9.17) is 34.0 Å². The summed E-state index contributed by atoms with van der Waals surface area (Å²) >= 11 is 0. The Balaban J connectivity index is 1.33. The zero-order valence-corrected chi connectivity index (χ0v) is 22.8. The minimum Gasteiger partial charge on any atom is -0.462 e. The van der Waals surface area contributed by atoms with Crippen molar-refractivity contribution in [2.24, 2.45) is 5.11 Å². The summed E-state index contributed by atoms with van der Waals surface area (Å²) in [7, 11) is 0. The number of fused-ring (bicyclic) bond motifs is 1. The molecule has 2 aliphatic heterocycles. The highest BCUT2D eigenvalue weighted by Gasteiger charge is 2.56. The van der Waals surface area contributed by atoms with Crippen LogP contribution in [0, 0.1) is 0 Å². The highest BCUT2D eigenvalue weighted by Crippen LogP contribution is 2.39. The fourth-order valence-corrected chi connectivity index (χ4v) is 4.97. The second kappa shape index (κ2) is 13.3. The normalized spacial score (nSPS) is 25.1. The Bertz CT molecular complexity index is 1250. The van der Waals surface area contributed by atoms with E-state index in [0.717, 1.165) is 16.7 Å². The van der Waals surface area contributed by atoms with E-state index in [1.165, 1.54) is 0 Å². The number of hydrogen-bond donors (Lipinski definition) is 0. The molecule has 9 nitrogen and oxygen atoms in total. The van der Waals surface area contributed by atoms with Gasteiger partial charge in [-0.3, -0.25) is 0 Å². The second-order valence-electron chi connectivity index (χ2n) is 10.3. The van der Waals surface area contributed by atoms with Gasteiger partial charge in [0.15, 0.2) is 5.79 Å². The van der Waals surface area contributed by atoms with E-state index in [1.807, 2.05) is 98.8 Å². The molecule has 0 N–H and O–H groups in total. The van der Waals surface area contributed by atoms with Crippen LogP contribution < -0.4 is 4.74 Å². The van der Waals surface area contributed by atoms with Crippen LogP contribution >= 0.6 is 0 Å². The molecule has 3 aromatic carbocycles. The van der Waals surface area contributed by atoms with Crippen LogP contribution in [-0.2, 0) is 43.3 Å². The van der Waals surface area contributed by atoms with Crippen LogP contribution in [0.1, 0.15) is 30.5 Å². The van der Waals surface area contributed by atoms with Crippen molar-refractivity contribution < 1.29 is 28.4 Å². The Morgan fingerprint density at radius 1 is 0.825 bits per heavy atom. The van der Waals surface area contributed by atoms with Gasteiger partial charge >= 0.3 is 0 Å². The molecule has 9 heteroatoms. The molecule has 2 fully saturated rings. The van der Waals surface area contributed by atoms with Gasteiger partial charge in [0, 0.05) is 11.5 Å². The summed E-state index contributed by atoms with van der Waals surface area (Å²) in [6.45, 7) is 5.32. The van der Waals surface area contributed by atoms with Crippen LogP contribution in [0.3, 0.4) is 0 Å². The third kappa shape index (κ3) is 7.40. The zero-order valence-electron chi connectivity index (χ0n) is 22.8. The lowest BCUT2D eigenvalue weighted by atomic mass is 9.99. The van der Waals surface area contributed by atoms with Crippen molar-refractivity contribution in [3.8, 4) is 5.75 Å². The molecule has 0 aliphatic carbocycles. The van der Waals surface area contributed by atoms with Crippen molar-refractivity contribution in [1.82, 2.24) is 0 Å². The highest BCUT2D eigenvalue weighted by molar-refractivity contribution is 5.28. The minimum absolute atomic E-state index is 0.305. The lowest BCUT2D eigenvalue weighted by molar-refractivity contribution is -0.270. The molecule has 3 aromatic rings. The quantitative estimate of drug-likeness (QED) is 0.158. The van der Waals surface area contributed by atoms with Gasteiger partial charge in [-0.2, -0.15) is 0 Å². The predicted molar refractivity (Wildman–Crippen MR) is 148 cm³/mol. The van der Waals surface area contributed by atoms with Crippen LogP contribution in [0.4, 0.5) is 0 Å². The first-order chi connectivity index (χ1) is 19.5. The van der Waals surface area contributed by atoms with E-state index in [2.05, 4.69) is 10.0 Å². The van der Waals surface area contributed by atoms with Crippen LogP contribution in [-0.4, -0.2) is 49.6 Å². The van der Waals surface area contributed by atoms with Crippen molar-refractivity contribution >= 4 is 0 Å². The first-order valence-corrected chi connectivity index (χ1v) is 13.6. The number of rotatable bonds is 12. The van der Waals surface area contributed by atoms with Crippen molar-refractivity contribution in [3.63, 3.8) is 0 Å². The van der Waals surface area contributed by atoms with Gasteiger partial charge in [0.25, 0.3) is 0 Å². The van der Waals surface area contributed by atoms with E-state index < -0.39 is 36.5 Å². The van der Waals surface area contributed by atoms with Crippen LogP contribution in [0.15, 0.2) is 90.0 Å². The Morgan fingerprint density at radius 3 is 2.15 bits per heavy atom. The Labute approximate surface area is 234 Å². The average Bonchev–Trinajstić information content (AvgIpc) is 3.30. The average molecular weight is 546 g/mol. The van der Waals surface area contributed by atoms with Gasteiger partial charge in [0.05, 0.1) is 19.8 Å². The molecule has 0 bridgehead atoms. The molecule has 3 unspecified atom stereocenters. The van der Waals surface area contributed by atoms with Crippen molar-refractivity contribution in [1.29, 1.82) is 0 Å². The van der Waals surface area contributed by atoms with Crippen LogP contribution in [0.5, 0.6) is 5.75 Å². The standard InChI is InChI=1S/C31H35N3O6/c1-31(2)39-27-26(21-35-19-23-9-5-3-6-10-23)38-30(37-25-15-13-22(14-16-25)17-18-33-34-32)29(28(27)40-31)36-20-24-11-7-4-8-12-24/h3-16,26-30H,17-21H2,1-2H3/t26?,27-,28?,29?,30+/m0/s1. The third-order valence-electron chi connectivity index (χ3n) is 6.85.